The lowest BCUT2D eigenvalue weighted by atomic mass is 10.1. The number of aromatic nitrogens is 1. The molecule has 162 valence electrons. The number of halogens is 2. The Morgan fingerprint density at radius 1 is 1.16 bits per heavy atom. The molecule has 0 spiro atoms. The first-order valence-corrected chi connectivity index (χ1v) is 10.5. The van der Waals surface area contributed by atoms with E-state index in [9.17, 15) is 9.18 Å². The summed E-state index contributed by atoms with van der Waals surface area (Å²) in [4.78, 5) is 17.1. The highest BCUT2D eigenvalue weighted by Gasteiger charge is 2.28. The molecule has 4 rings (SSSR count). The van der Waals surface area contributed by atoms with Crippen molar-refractivity contribution in [2.24, 2.45) is 0 Å². The molecule has 0 aliphatic carbocycles. The van der Waals surface area contributed by atoms with Gasteiger partial charge in [0.15, 0.2) is 5.69 Å². The first-order chi connectivity index (χ1) is 15.0. The topological polar surface area (TPSA) is 58.8 Å². The largest absolute Gasteiger partial charge is 0.489 e. The molecule has 2 aromatic carbocycles. The average Bonchev–Trinajstić information content (AvgIpc) is 3.14. The van der Waals surface area contributed by atoms with Crippen LogP contribution in [0.3, 0.4) is 0 Å². The van der Waals surface area contributed by atoms with Crippen LogP contribution in [0.5, 0.6) is 5.75 Å². The van der Waals surface area contributed by atoms with Crippen LogP contribution in [0.2, 0.25) is 5.02 Å². The summed E-state index contributed by atoms with van der Waals surface area (Å²) in [7, 11) is 0. The van der Waals surface area contributed by atoms with E-state index in [0.29, 0.717) is 30.2 Å². The number of rotatable bonds is 6. The fourth-order valence-corrected chi connectivity index (χ4v) is 3.78. The molecule has 1 saturated heterocycles. The second-order valence-corrected chi connectivity index (χ2v) is 7.94. The van der Waals surface area contributed by atoms with Crippen molar-refractivity contribution in [3.63, 3.8) is 0 Å². The van der Waals surface area contributed by atoms with Crippen molar-refractivity contribution in [3.8, 4) is 5.75 Å². The molecule has 1 aliphatic heterocycles. The Labute approximate surface area is 185 Å². The first-order valence-electron chi connectivity index (χ1n) is 10.1. The molecule has 8 heteroatoms. The smallest absolute Gasteiger partial charge is 0.276 e. The van der Waals surface area contributed by atoms with Gasteiger partial charge in [0.1, 0.15) is 23.9 Å². The summed E-state index contributed by atoms with van der Waals surface area (Å²) in [5, 5.41) is 4.70. The van der Waals surface area contributed by atoms with Gasteiger partial charge in [-0.1, -0.05) is 28.9 Å². The molecule has 3 aromatic rings. The summed E-state index contributed by atoms with van der Waals surface area (Å²) < 4.78 is 24.0. The van der Waals surface area contributed by atoms with E-state index in [0.717, 1.165) is 30.2 Å². The summed E-state index contributed by atoms with van der Waals surface area (Å²) in [6, 6.07) is 13.5. The number of hydrogen-bond acceptors (Lipinski definition) is 5. The third kappa shape index (κ3) is 5.24. The number of aryl methyl sites for hydroxylation is 1. The van der Waals surface area contributed by atoms with Gasteiger partial charge >= 0.3 is 0 Å². The minimum atomic E-state index is -0.334. The van der Waals surface area contributed by atoms with Crippen LogP contribution in [0.1, 0.15) is 27.4 Å². The molecule has 1 fully saturated rings. The van der Waals surface area contributed by atoms with Crippen molar-refractivity contribution >= 4 is 17.5 Å². The minimum Gasteiger partial charge on any atom is -0.489 e. The van der Waals surface area contributed by atoms with Gasteiger partial charge in [0.05, 0.1) is 5.56 Å². The van der Waals surface area contributed by atoms with Gasteiger partial charge in [-0.3, -0.25) is 9.69 Å². The highest BCUT2D eigenvalue weighted by molar-refractivity contribution is 6.30. The molecule has 0 saturated carbocycles. The second-order valence-electron chi connectivity index (χ2n) is 7.51. The number of ether oxygens (including phenoxy) is 1. The standard InChI is InChI=1S/C23H23ClFN3O3/c1-16-21(15-30-20-7-5-19(25)6-8-20)22(26-31-16)23(29)28-11-9-27(10-12-28)14-17-3-2-4-18(24)13-17/h2-8,13H,9-12,14-15H2,1H3. The van der Waals surface area contributed by atoms with E-state index in [1.807, 2.05) is 18.2 Å². The summed E-state index contributed by atoms with van der Waals surface area (Å²) >= 11 is 6.07. The normalized spacial score (nSPS) is 14.6. The Hall–Kier alpha value is -2.90. The average molecular weight is 444 g/mol. The first kappa shape index (κ1) is 21.3. The van der Waals surface area contributed by atoms with Crippen LogP contribution in [0.4, 0.5) is 4.39 Å². The van der Waals surface area contributed by atoms with Crippen LogP contribution in [0.15, 0.2) is 53.1 Å². The summed E-state index contributed by atoms with van der Waals surface area (Å²) in [5.41, 5.74) is 2.03. The van der Waals surface area contributed by atoms with Crippen LogP contribution >= 0.6 is 11.6 Å². The predicted molar refractivity (Wildman–Crippen MR) is 115 cm³/mol. The number of piperazine rings is 1. The Balaban J connectivity index is 1.36. The monoisotopic (exact) mass is 443 g/mol. The number of hydrogen-bond donors (Lipinski definition) is 0. The van der Waals surface area contributed by atoms with E-state index in [2.05, 4.69) is 16.1 Å². The molecule has 1 aromatic heterocycles. The second kappa shape index (κ2) is 9.49. The van der Waals surface area contributed by atoms with Crippen LogP contribution in [-0.4, -0.2) is 47.0 Å². The maximum absolute atomic E-state index is 13.1. The van der Waals surface area contributed by atoms with Crippen molar-refractivity contribution in [1.82, 2.24) is 15.0 Å². The number of nitrogens with zero attached hydrogens (tertiary/aromatic N) is 3. The third-order valence-electron chi connectivity index (χ3n) is 5.34. The third-order valence-corrected chi connectivity index (χ3v) is 5.57. The van der Waals surface area contributed by atoms with Gasteiger partial charge in [0.2, 0.25) is 0 Å². The van der Waals surface area contributed by atoms with E-state index in [1.165, 1.54) is 12.1 Å². The lowest BCUT2D eigenvalue weighted by Gasteiger charge is -2.34. The van der Waals surface area contributed by atoms with E-state index in [4.69, 9.17) is 20.9 Å². The molecule has 0 N–H and O–H groups in total. The molecule has 1 aliphatic rings. The Morgan fingerprint density at radius 3 is 2.61 bits per heavy atom. The van der Waals surface area contributed by atoms with Gasteiger partial charge in [-0.2, -0.15) is 0 Å². The summed E-state index contributed by atoms with van der Waals surface area (Å²) in [6.07, 6.45) is 0. The van der Waals surface area contributed by atoms with Gasteiger partial charge in [0, 0.05) is 37.7 Å². The number of carbonyl (C=O) groups is 1. The lowest BCUT2D eigenvalue weighted by molar-refractivity contribution is 0.0616. The predicted octanol–water partition coefficient (Wildman–Crippen LogP) is 4.31. The zero-order valence-corrected chi connectivity index (χ0v) is 17.9. The van der Waals surface area contributed by atoms with Crippen LogP contribution in [-0.2, 0) is 13.2 Å². The van der Waals surface area contributed by atoms with Gasteiger partial charge in [-0.25, -0.2) is 4.39 Å². The number of amides is 1. The molecule has 6 nitrogen and oxygen atoms in total. The molecule has 31 heavy (non-hydrogen) atoms. The maximum atomic E-state index is 13.1. The molecule has 2 heterocycles. The van der Waals surface area contributed by atoms with Gasteiger partial charge in [-0.15, -0.1) is 0 Å². The van der Waals surface area contributed by atoms with E-state index < -0.39 is 0 Å². The van der Waals surface area contributed by atoms with Crippen molar-refractivity contribution in [2.75, 3.05) is 26.2 Å². The van der Waals surface area contributed by atoms with Gasteiger partial charge < -0.3 is 14.2 Å². The number of benzene rings is 2. The lowest BCUT2D eigenvalue weighted by Crippen LogP contribution is -2.48. The maximum Gasteiger partial charge on any atom is 0.276 e. The van der Waals surface area contributed by atoms with Crippen LogP contribution in [0.25, 0.3) is 0 Å². The molecule has 0 atom stereocenters. The Kier molecular flexibility index (Phi) is 6.53. The summed E-state index contributed by atoms with van der Waals surface area (Å²) in [5.74, 6) is 0.538. The zero-order chi connectivity index (χ0) is 21.8. The quantitative estimate of drug-likeness (QED) is 0.568. The van der Waals surface area contributed by atoms with Crippen molar-refractivity contribution < 1.29 is 18.4 Å². The molecule has 0 bridgehead atoms. The van der Waals surface area contributed by atoms with E-state index in [1.54, 1.807) is 24.0 Å². The summed E-state index contributed by atoms with van der Waals surface area (Å²) in [6.45, 7) is 5.38. The Morgan fingerprint density at radius 2 is 1.90 bits per heavy atom. The molecular formula is C23H23ClFN3O3. The minimum absolute atomic E-state index is 0.122. The van der Waals surface area contributed by atoms with Crippen LogP contribution < -0.4 is 4.74 Å². The fraction of sp³-hybridized carbons (Fsp3) is 0.304. The fourth-order valence-electron chi connectivity index (χ4n) is 3.57. The SMILES string of the molecule is Cc1onc(C(=O)N2CCN(Cc3cccc(Cl)c3)CC2)c1COc1ccc(F)cc1. The Bertz CT molecular complexity index is 1050. The number of carbonyl (C=O) groups excluding carboxylic acids is 1. The van der Waals surface area contributed by atoms with E-state index in [-0.39, 0.29) is 24.0 Å². The molecular weight excluding hydrogens is 421 g/mol. The van der Waals surface area contributed by atoms with Crippen LogP contribution in [0, 0.1) is 12.7 Å². The zero-order valence-electron chi connectivity index (χ0n) is 17.2. The van der Waals surface area contributed by atoms with Gasteiger partial charge in [0.25, 0.3) is 5.91 Å². The molecule has 0 unspecified atom stereocenters. The highest BCUT2D eigenvalue weighted by Crippen LogP contribution is 2.21. The van der Waals surface area contributed by atoms with Crippen molar-refractivity contribution in [2.45, 2.75) is 20.1 Å². The highest BCUT2D eigenvalue weighted by atomic mass is 35.5. The molecule has 0 radical (unpaired) electrons. The van der Waals surface area contributed by atoms with E-state index >= 15 is 0 Å². The van der Waals surface area contributed by atoms with Crippen molar-refractivity contribution in [3.05, 3.63) is 82.0 Å². The van der Waals surface area contributed by atoms with Crippen molar-refractivity contribution in [1.29, 1.82) is 0 Å². The van der Waals surface area contributed by atoms with Gasteiger partial charge in [-0.05, 0) is 48.9 Å². The molecule has 1 amide bonds.